The molecule has 3 rings (SSSR count). The molecule has 0 radical (unpaired) electrons. The van der Waals surface area contributed by atoms with Crippen LogP contribution < -0.4 is 10.2 Å². The number of carbonyl (C=O) groups is 1. The van der Waals surface area contributed by atoms with Crippen molar-refractivity contribution in [3.8, 4) is 17.2 Å². The number of aromatic nitrogens is 4. The number of nitriles is 1. The second-order valence-corrected chi connectivity index (χ2v) is 6.95. The van der Waals surface area contributed by atoms with Gasteiger partial charge in [-0.3, -0.25) is 14.5 Å². The number of alkyl halides is 3. The fourth-order valence-corrected chi connectivity index (χ4v) is 2.95. The Hall–Kier alpha value is -3.94. The van der Waals surface area contributed by atoms with E-state index in [4.69, 9.17) is 0 Å². The zero-order valence-corrected chi connectivity index (χ0v) is 17.1. The number of pyridine rings is 2. The zero-order chi connectivity index (χ0) is 22.9. The molecule has 0 spiro atoms. The molecule has 0 unspecified atom stereocenters. The molecular weight excluding hydrogens is 411 g/mol. The second-order valence-electron chi connectivity index (χ2n) is 6.95. The van der Waals surface area contributed by atoms with Crippen LogP contribution in [0.15, 0.2) is 30.6 Å². The molecule has 0 atom stereocenters. The molecule has 0 fully saturated rings. The number of anilines is 2. The lowest BCUT2D eigenvalue weighted by Crippen LogP contribution is -2.16. The van der Waals surface area contributed by atoms with Crippen LogP contribution in [0.3, 0.4) is 0 Å². The molecule has 0 saturated heterocycles. The van der Waals surface area contributed by atoms with Crippen molar-refractivity contribution in [2.45, 2.75) is 13.1 Å². The lowest BCUT2D eigenvalue weighted by molar-refractivity contribution is -0.141. The minimum atomic E-state index is -4.65. The minimum Gasteiger partial charge on any atom is -0.362 e. The Morgan fingerprint density at radius 2 is 1.90 bits per heavy atom. The average molecular weight is 429 g/mol. The van der Waals surface area contributed by atoms with E-state index in [0.29, 0.717) is 34.3 Å². The average Bonchev–Trinajstić information content (AvgIpc) is 3.11. The van der Waals surface area contributed by atoms with Gasteiger partial charge in [-0.15, -0.1) is 0 Å². The fraction of sp³-hybridized carbons (Fsp3) is 0.250. The van der Waals surface area contributed by atoms with Gasteiger partial charge < -0.3 is 10.2 Å². The normalized spacial score (nSPS) is 11.2. The minimum absolute atomic E-state index is 0.252. The standard InChI is InChI=1S/C20H18F3N7O/c1-11-15(13-5-12(8-24)18(26-9-13)29(2)3)6-14(10-25-11)27-19(31)16-7-17(20(21,22)23)28-30(16)4/h5-7,9-10H,1-4H3,(H,27,31). The summed E-state index contributed by atoms with van der Waals surface area (Å²) < 4.78 is 39.4. The van der Waals surface area contributed by atoms with E-state index in [-0.39, 0.29) is 11.4 Å². The molecule has 3 aromatic heterocycles. The maximum atomic E-state index is 12.8. The van der Waals surface area contributed by atoms with Crippen molar-refractivity contribution in [3.63, 3.8) is 0 Å². The number of rotatable bonds is 4. The van der Waals surface area contributed by atoms with Crippen molar-refractivity contribution < 1.29 is 18.0 Å². The largest absolute Gasteiger partial charge is 0.435 e. The summed E-state index contributed by atoms with van der Waals surface area (Å²) >= 11 is 0. The van der Waals surface area contributed by atoms with E-state index in [2.05, 4.69) is 26.5 Å². The number of halogens is 3. The van der Waals surface area contributed by atoms with E-state index >= 15 is 0 Å². The first kappa shape index (κ1) is 21.8. The van der Waals surface area contributed by atoms with Gasteiger partial charge >= 0.3 is 6.18 Å². The highest BCUT2D eigenvalue weighted by Crippen LogP contribution is 2.30. The van der Waals surface area contributed by atoms with Crippen LogP contribution in [-0.4, -0.2) is 39.8 Å². The predicted octanol–water partition coefficient (Wildman–Crippen LogP) is 3.39. The molecule has 0 aliphatic rings. The van der Waals surface area contributed by atoms with E-state index in [9.17, 15) is 23.2 Å². The molecule has 1 amide bonds. The molecule has 1 N–H and O–H groups in total. The van der Waals surface area contributed by atoms with Gasteiger partial charge in [0, 0.05) is 50.2 Å². The molecule has 3 heterocycles. The molecule has 0 saturated carbocycles. The van der Waals surface area contributed by atoms with Crippen LogP contribution >= 0.6 is 0 Å². The number of carbonyl (C=O) groups excluding carboxylic acids is 1. The van der Waals surface area contributed by atoms with E-state index in [1.807, 2.05) is 0 Å². The SMILES string of the molecule is Cc1ncc(NC(=O)c2cc(C(F)(F)F)nn2C)cc1-c1cnc(N(C)C)c(C#N)c1. The third-order valence-electron chi connectivity index (χ3n) is 4.47. The Kier molecular flexibility index (Phi) is 5.66. The van der Waals surface area contributed by atoms with E-state index in [1.54, 1.807) is 44.2 Å². The van der Waals surface area contributed by atoms with Gasteiger partial charge in [0.25, 0.3) is 5.91 Å². The summed E-state index contributed by atoms with van der Waals surface area (Å²) in [6.07, 6.45) is -1.67. The zero-order valence-electron chi connectivity index (χ0n) is 17.1. The summed E-state index contributed by atoms with van der Waals surface area (Å²) in [6, 6.07) is 6.06. The highest BCUT2D eigenvalue weighted by atomic mass is 19.4. The maximum absolute atomic E-state index is 12.8. The van der Waals surface area contributed by atoms with Crippen molar-refractivity contribution in [2.24, 2.45) is 7.05 Å². The van der Waals surface area contributed by atoms with Crippen LogP contribution in [-0.2, 0) is 13.2 Å². The van der Waals surface area contributed by atoms with Crippen LogP contribution in [0.4, 0.5) is 24.7 Å². The number of hydrogen-bond acceptors (Lipinski definition) is 6. The summed E-state index contributed by atoms with van der Waals surface area (Å²) in [5, 5.41) is 15.3. The number of amides is 1. The number of hydrogen-bond donors (Lipinski definition) is 1. The van der Waals surface area contributed by atoms with E-state index < -0.39 is 17.8 Å². The van der Waals surface area contributed by atoms with Crippen molar-refractivity contribution in [2.75, 3.05) is 24.3 Å². The summed E-state index contributed by atoms with van der Waals surface area (Å²) in [5.41, 5.74) is 1.09. The van der Waals surface area contributed by atoms with Gasteiger partial charge in [-0.25, -0.2) is 4.98 Å². The van der Waals surface area contributed by atoms with Gasteiger partial charge in [0.2, 0.25) is 0 Å². The van der Waals surface area contributed by atoms with Gasteiger partial charge in [-0.05, 0) is 19.1 Å². The summed E-state index contributed by atoms with van der Waals surface area (Å²) in [7, 11) is 4.80. The fourth-order valence-electron chi connectivity index (χ4n) is 2.95. The molecule has 8 nitrogen and oxygen atoms in total. The third-order valence-corrected chi connectivity index (χ3v) is 4.47. The molecular formula is C20H18F3N7O. The third kappa shape index (κ3) is 4.48. The topological polar surface area (TPSA) is 99.7 Å². The van der Waals surface area contributed by atoms with Crippen LogP contribution in [0.5, 0.6) is 0 Å². The highest BCUT2D eigenvalue weighted by molar-refractivity contribution is 6.03. The Morgan fingerprint density at radius 3 is 2.48 bits per heavy atom. The first-order valence-electron chi connectivity index (χ1n) is 8.98. The van der Waals surface area contributed by atoms with Crippen molar-refractivity contribution in [1.82, 2.24) is 19.7 Å². The van der Waals surface area contributed by atoms with Crippen LogP contribution in [0, 0.1) is 18.3 Å². The summed E-state index contributed by atoms with van der Waals surface area (Å²) in [4.78, 5) is 22.8. The maximum Gasteiger partial charge on any atom is 0.435 e. The smallest absolute Gasteiger partial charge is 0.362 e. The predicted molar refractivity (Wildman–Crippen MR) is 107 cm³/mol. The Labute approximate surface area is 176 Å². The quantitative estimate of drug-likeness (QED) is 0.683. The summed E-state index contributed by atoms with van der Waals surface area (Å²) in [6.45, 7) is 1.75. The monoisotopic (exact) mass is 429 g/mol. The van der Waals surface area contributed by atoms with Gasteiger partial charge in [0.05, 0.1) is 17.4 Å². The molecule has 31 heavy (non-hydrogen) atoms. The number of nitrogens with zero attached hydrogens (tertiary/aromatic N) is 6. The van der Waals surface area contributed by atoms with E-state index in [1.165, 1.54) is 13.2 Å². The van der Waals surface area contributed by atoms with Crippen molar-refractivity contribution in [3.05, 3.63) is 53.2 Å². The molecule has 0 aliphatic carbocycles. The lowest BCUT2D eigenvalue weighted by Gasteiger charge is -2.15. The Morgan fingerprint density at radius 1 is 1.19 bits per heavy atom. The number of aryl methyl sites for hydroxylation is 2. The van der Waals surface area contributed by atoms with Crippen molar-refractivity contribution >= 4 is 17.4 Å². The van der Waals surface area contributed by atoms with Crippen LogP contribution in [0.2, 0.25) is 0 Å². The molecule has 0 aliphatic heterocycles. The molecule has 3 aromatic rings. The molecule has 160 valence electrons. The van der Waals surface area contributed by atoms with Gasteiger partial charge in [0.1, 0.15) is 17.6 Å². The van der Waals surface area contributed by atoms with Crippen molar-refractivity contribution in [1.29, 1.82) is 5.26 Å². The number of nitrogens with one attached hydrogen (secondary N) is 1. The first-order valence-corrected chi connectivity index (χ1v) is 8.98. The Bertz CT molecular complexity index is 1190. The van der Waals surface area contributed by atoms with Gasteiger partial charge in [0.15, 0.2) is 5.69 Å². The molecule has 0 bridgehead atoms. The first-order chi connectivity index (χ1) is 14.5. The van der Waals surface area contributed by atoms with Gasteiger partial charge in [-0.2, -0.15) is 23.5 Å². The Balaban J connectivity index is 1.93. The molecule has 0 aromatic carbocycles. The molecule has 11 heteroatoms. The highest BCUT2D eigenvalue weighted by Gasteiger charge is 2.35. The second kappa shape index (κ2) is 8.06. The van der Waals surface area contributed by atoms with E-state index in [0.717, 1.165) is 4.68 Å². The lowest BCUT2D eigenvalue weighted by atomic mass is 10.0. The van der Waals surface area contributed by atoms with Crippen LogP contribution in [0.1, 0.15) is 27.4 Å². The summed E-state index contributed by atoms with van der Waals surface area (Å²) in [5.74, 6) is -0.251. The van der Waals surface area contributed by atoms with Crippen LogP contribution in [0.25, 0.3) is 11.1 Å². The van der Waals surface area contributed by atoms with Gasteiger partial charge in [-0.1, -0.05) is 0 Å².